The Morgan fingerprint density at radius 2 is 2.21 bits per heavy atom. The summed E-state index contributed by atoms with van der Waals surface area (Å²) in [4.78, 5) is 11.6. The largest absolute Gasteiger partial charge is 0.479 e. The summed E-state index contributed by atoms with van der Waals surface area (Å²) in [6.45, 7) is 1.72. The number of nitrogens with one attached hydrogen (secondary N) is 3. The van der Waals surface area contributed by atoms with Gasteiger partial charge in [0.15, 0.2) is 6.10 Å². The number of carbonyl (C=O) groups is 1. The van der Waals surface area contributed by atoms with Crippen LogP contribution < -0.4 is 15.4 Å². The summed E-state index contributed by atoms with van der Waals surface area (Å²) in [6.07, 6.45) is -0.457. The molecule has 1 aromatic heterocycles. The second kappa shape index (κ2) is 4.31. The summed E-state index contributed by atoms with van der Waals surface area (Å²) < 4.78 is 5.51. The van der Waals surface area contributed by atoms with Crippen molar-refractivity contribution in [2.45, 2.75) is 13.0 Å². The first kappa shape index (κ1) is 11.6. The molecular weight excluding hydrogens is 244 g/mol. The average molecular weight is 258 g/mol. The number of fused-ring (bicyclic) bond motifs is 1. The van der Waals surface area contributed by atoms with E-state index >= 15 is 0 Å². The molecule has 19 heavy (non-hydrogen) atoms. The number of ether oxygens (including phenoxy) is 1. The third-order valence-electron chi connectivity index (χ3n) is 3.06. The van der Waals surface area contributed by atoms with Gasteiger partial charge in [0, 0.05) is 18.7 Å². The van der Waals surface area contributed by atoms with Gasteiger partial charge in [-0.2, -0.15) is 5.10 Å². The molecule has 3 N–H and O–H groups in total. The minimum atomic E-state index is -0.457. The molecule has 0 saturated carbocycles. The predicted molar refractivity (Wildman–Crippen MR) is 72.3 cm³/mol. The number of amides is 1. The van der Waals surface area contributed by atoms with Crippen molar-refractivity contribution in [3.63, 3.8) is 0 Å². The molecule has 0 fully saturated rings. The maximum atomic E-state index is 11.6. The lowest BCUT2D eigenvalue weighted by Gasteiger charge is -2.23. The summed E-state index contributed by atoms with van der Waals surface area (Å²) in [7, 11) is 1.81. The van der Waals surface area contributed by atoms with Crippen molar-refractivity contribution >= 4 is 17.4 Å². The zero-order valence-electron chi connectivity index (χ0n) is 10.7. The van der Waals surface area contributed by atoms with Crippen LogP contribution >= 0.6 is 0 Å². The molecule has 0 bridgehead atoms. The molecule has 2 heterocycles. The predicted octanol–water partition coefficient (Wildman–Crippen LogP) is 1.84. The van der Waals surface area contributed by atoms with Gasteiger partial charge in [0.05, 0.1) is 11.4 Å². The fourth-order valence-electron chi connectivity index (χ4n) is 1.97. The van der Waals surface area contributed by atoms with E-state index in [-0.39, 0.29) is 5.91 Å². The fraction of sp³-hybridized carbons (Fsp3) is 0.231. The van der Waals surface area contributed by atoms with Crippen molar-refractivity contribution in [1.29, 1.82) is 0 Å². The Balaban J connectivity index is 1.97. The Bertz CT molecular complexity index is 635. The normalized spacial score (nSPS) is 17.4. The van der Waals surface area contributed by atoms with Crippen LogP contribution in [0.15, 0.2) is 24.3 Å². The van der Waals surface area contributed by atoms with E-state index in [1.54, 1.807) is 6.92 Å². The van der Waals surface area contributed by atoms with E-state index in [9.17, 15) is 4.79 Å². The SMILES string of the molecule is CNc1cc(-c2ccc3c(c2)NC(=O)C(C)O3)[nH]n1. The smallest absolute Gasteiger partial charge is 0.265 e. The number of hydrogen-bond donors (Lipinski definition) is 3. The van der Waals surface area contributed by atoms with Crippen LogP contribution in [0.25, 0.3) is 11.3 Å². The van der Waals surface area contributed by atoms with Gasteiger partial charge in [-0.3, -0.25) is 9.89 Å². The molecule has 0 radical (unpaired) electrons. The lowest BCUT2D eigenvalue weighted by molar-refractivity contribution is -0.122. The molecule has 1 unspecified atom stereocenters. The number of rotatable bonds is 2. The molecule has 1 aromatic carbocycles. The second-order valence-corrected chi connectivity index (χ2v) is 4.38. The summed E-state index contributed by atoms with van der Waals surface area (Å²) in [5.41, 5.74) is 2.49. The van der Waals surface area contributed by atoms with Gasteiger partial charge in [-0.15, -0.1) is 0 Å². The van der Waals surface area contributed by atoms with Crippen LogP contribution in [0, 0.1) is 0 Å². The molecule has 6 nitrogen and oxygen atoms in total. The fourth-order valence-corrected chi connectivity index (χ4v) is 1.97. The minimum Gasteiger partial charge on any atom is -0.479 e. The van der Waals surface area contributed by atoms with Gasteiger partial charge >= 0.3 is 0 Å². The third-order valence-corrected chi connectivity index (χ3v) is 3.06. The van der Waals surface area contributed by atoms with Gasteiger partial charge in [0.1, 0.15) is 11.6 Å². The standard InChI is InChI=1S/C13H14N4O2/c1-7-13(18)15-10-5-8(3-4-11(10)19-7)9-6-12(14-2)17-16-9/h3-7H,1-2H3,(H,15,18)(H2,14,16,17). The first-order chi connectivity index (χ1) is 9.17. The summed E-state index contributed by atoms with van der Waals surface area (Å²) >= 11 is 0. The first-order valence-electron chi connectivity index (χ1n) is 6.02. The lowest BCUT2D eigenvalue weighted by atomic mass is 10.1. The average Bonchev–Trinajstić information content (AvgIpc) is 2.88. The highest BCUT2D eigenvalue weighted by Crippen LogP contribution is 2.33. The maximum Gasteiger partial charge on any atom is 0.265 e. The molecule has 0 saturated heterocycles. The van der Waals surface area contributed by atoms with Gasteiger partial charge in [0.25, 0.3) is 5.91 Å². The number of aromatic amines is 1. The zero-order valence-corrected chi connectivity index (χ0v) is 10.7. The van der Waals surface area contributed by atoms with E-state index in [2.05, 4.69) is 20.8 Å². The van der Waals surface area contributed by atoms with Gasteiger partial charge in [-0.25, -0.2) is 0 Å². The molecule has 0 aliphatic carbocycles. The highest BCUT2D eigenvalue weighted by atomic mass is 16.5. The molecule has 98 valence electrons. The van der Waals surface area contributed by atoms with Crippen LogP contribution in [0.3, 0.4) is 0 Å². The van der Waals surface area contributed by atoms with Crippen molar-refractivity contribution in [1.82, 2.24) is 10.2 Å². The number of benzene rings is 1. The monoisotopic (exact) mass is 258 g/mol. The molecule has 2 aromatic rings. The van der Waals surface area contributed by atoms with Crippen LogP contribution in [0.5, 0.6) is 5.75 Å². The van der Waals surface area contributed by atoms with Crippen molar-refractivity contribution in [3.8, 4) is 17.0 Å². The molecule has 1 amide bonds. The minimum absolute atomic E-state index is 0.134. The van der Waals surface area contributed by atoms with Gasteiger partial charge in [0.2, 0.25) is 0 Å². The molecular formula is C13H14N4O2. The highest BCUT2D eigenvalue weighted by Gasteiger charge is 2.23. The van der Waals surface area contributed by atoms with E-state index in [1.165, 1.54) is 0 Å². The van der Waals surface area contributed by atoms with Crippen molar-refractivity contribution in [2.24, 2.45) is 0 Å². The maximum absolute atomic E-state index is 11.6. The quantitative estimate of drug-likeness (QED) is 0.768. The second-order valence-electron chi connectivity index (χ2n) is 4.38. The summed E-state index contributed by atoms with van der Waals surface area (Å²) in [6, 6.07) is 7.54. The Morgan fingerprint density at radius 1 is 1.37 bits per heavy atom. The van der Waals surface area contributed by atoms with Crippen LogP contribution in [-0.2, 0) is 4.79 Å². The van der Waals surface area contributed by atoms with Gasteiger partial charge < -0.3 is 15.4 Å². The van der Waals surface area contributed by atoms with Crippen LogP contribution in [0.4, 0.5) is 11.5 Å². The molecule has 0 spiro atoms. The van der Waals surface area contributed by atoms with Gasteiger partial charge in [-0.1, -0.05) is 0 Å². The Kier molecular flexibility index (Phi) is 2.63. The van der Waals surface area contributed by atoms with E-state index < -0.39 is 6.10 Å². The lowest BCUT2D eigenvalue weighted by Crippen LogP contribution is -2.34. The van der Waals surface area contributed by atoms with Crippen LogP contribution in [0.1, 0.15) is 6.92 Å². The summed E-state index contributed by atoms with van der Waals surface area (Å²) in [5, 5.41) is 12.8. The third kappa shape index (κ3) is 2.01. The molecule has 1 atom stereocenters. The molecule has 6 heteroatoms. The molecule has 1 aliphatic rings. The van der Waals surface area contributed by atoms with Gasteiger partial charge in [-0.05, 0) is 25.1 Å². The molecule has 3 rings (SSSR count). The topological polar surface area (TPSA) is 79.0 Å². The van der Waals surface area contributed by atoms with Crippen molar-refractivity contribution in [3.05, 3.63) is 24.3 Å². The van der Waals surface area contributed by atoms with Crippen molar-refractivity contribution < 1.29 is 9.53 Å². The number of hydrogen-bond acceptors (Lipinski definition) is 4. The highest BCUT2D eigenvalue weighted by molar-refractivity contribution is 5.98. The Morgan fingerprint density at radius 3 is 2.95 bits per heavy atom. The van der Waals surface area contributed by atoms with E-state index in [1.807, 2.05) is 31.3 Å². The first-order valence-corrected chi connectivity index (χ1v) is 6.02. The van der Waals surface area contributed by atoms with E-state index in [0.717, 1.165) is 17.1 Å². The molecule has 1 aliphatic heterocycles. The number of H-pyrrole nitrogens is 1. The summed E-state index contributed by atoms with van der Waals surface area (Å²) in [5.74, 6) is 1.32. The number of anilines is 2. The van der Waals surface area contributed by atoms with E-state index in [0.29, 0.717) is 11.4 Å². The van der Waals surface area contributed by atoms with Crippen LogP contribution in [0.2, 0.25) is 0 Å². The van der Waals surface area contributed by atoms with E-state index in [4.69, 9.17) is 4.74 Å². The Hall–Kier alpha value is -2.50. The number of aromatic nitrogens is 2. The van der Waals surface area contributed by atoms with Crippen molar-refractivity contribution in [2.75, 3.05) is 17.7 Å². The zero-order chi connectivity index (χ0) is 13.4. The van der Waals surface area contributed by atoms with Crippen LogP contribution in [-0.4, -0.2) is 29.3 Å². The number of nitrogens with zero attached hydrogens (tertiary/aromatic N) is 1. The Labute approximate surface area is 110 Å². The number of carbonyl (C=O) groups excluding carboxylic acids is 1.